The molecule has 1 aliphatic rings. The number of hydrogen-bond acceptors (Lipinski definition) is 5. The molecule has 1 fully saturated rings. The fourth-order valence-corrected chi connectivity index (χ4v) is 4.52. The summed E-state index contributed by atoms with van der Waals surface area (Å²) < 4.78 is 11.1. The Labute approximate surface area is 178 Å². The molecule has 2 heterocycles. The number of benzene rings is 2. The number of nitrogens with one attached hydrogen (secondary N) is 2. The number of methoxy groups -OCH3 is 2. The van der Waals surface area contributed by atoms with Crippen molar-refractivity contribution in [1.82, 2.24) is 20.2 Å². The first-order chi connectivity index (χ1) is 14.6. The Hall–Kier alpha value is -2.57. The van der Waals surface area contributed by atoms with Crippen molar-refractivity contribution in [1.29, 1.82) is 0 Å². The number of para-hydroxylation sites is 1. The van der Waals surface area contributed by atoms with E-state index in [4.69, 9.17) is 14.5 Å². The van der Waals surface area contributed by atoms with Crippen molar-refractivity contribution in [2.24, 2.45) is 0 Å². The molecule has 0 aliphatic carbocycles. The van der Waals surface area contributed by atoms with Gasteiger partial charge in [0.2, 0.25) is 0 Å². The highest BCUT2D eigenvalue weighted by molar-refractivity contribution is 5.84. The molecular weight excluding hydrogens is 376 g/mol. The minimum Gasteiger partial charge on any atom is -0.493 e. The number of H-pyrrole nitrogens is 1. The molecule has 1 saturated heterocycles. The van der Waals surface area contributed by atoms with Crippen molar-refractivity contribution >= 4 is 11.0 Å². The highest BCUT2D eigenvalue weighted by Gasteiger charge is 2.22. The fraction of sp³-hybridized carbons (Fsp3) is 0.458. The van der Waals surface area contributed by atoms with E-state index in [9.17, 15) is 0 Å². The molecule has 0 bridgehead atoms. The Morgan fingerprint density at radius 1 is 1.17 bits per heavy atom. The van der Waals surface area contributed by atoms with Crippen LogP contribution in [0.3, 0.4) is 0 Å². The predicted molar refractivity (Wildman–Crippen MR) is 122 cm³/mol. The number of aromatic amines is 1. The summed E-state index contributed by atoms with van der Waals surface area (Å²) in [4.78, 5) is 11.0. The van der Waals surface area contributed by atoms with Crippen LogP contribution in [0.5, 0.6) is 11.5 Å². The lowest BCUT2D eigenvalue weighted by Crippen LogP contribution is -2.37. The quantitative estimate of drug-likeness (QED) is 0.620. The third kappa shape index (κ3) is 4.02. The zero-order chi connectivity index (χ0) is 21.1. The summed E-state index contributed by atoms with van der Waals surface area (Å²) in [5, 5.41) is 3.25. The van der Waals surface area contributed by atoms with E-state index in [-0.39, 0.29) is 0 Å². The Morgan fingerprint density at radius 2 is 1.97 bits per heavy atom. The van der Waals surface area contributed by atoms with Crippen LogP contribution in [-0.4, -0.2) is 62.3 Å². The van der Waals surface area contributed by atoms with Crippen LogP contribution in [0, 0.1) is 6.92 Å². The number of fused-ring (bicyclic) bond motifs is 1. The summed E-state index contributed by atoms with van der Waals surface area (Å²) in [6.45, 7) is 6.67. The number of rotatable bonds is 7. The molecular formula is C24H32N4O2. The van der Waals surface area contributed by atoms with Crippen LogP contribution < -0.4 is 14.8 Å². The third-order valence-electron chi connectivity index (χ3n) is 6.19. The minimum absolute atomic E-state index is 0.608. The number of likely N-dealkylation sites (tertiary alicyclic amines) is 1. The molecule has 0 unspecified atom stereocenters. The average Bonchev–Trinajstić information content (AvgIpc) is 3.22. The van der Waals surface area contributed by atoms with Crippen LogP contribution in [0.2, 0.25) is 0 Å². The fourth-order valence-electron chi connectivity index (χ4n) is 4.52. The topological polar surface area (TPSA) is 62.4 Å². The monoisotopic (exact) mass is 408 g/mol. The van der Waals surface area contributed by atoms with Gasteiger partial charge in [-0.3, -0.25) is 0 Å². The van der Waals surface area contributed by atoms with Crippen molar-refractivity contribution in [3.05, 3.63) is 41.5 Å². The summed E-state index contributed by atoms with van der Waals surface area (Å²) in [5.74, 6) is 2.82. The molecule has 0 amide bonds. The second kappa shape index (κ2) is 9.06. The van der Waals surface area contributed by atoms with Crippen LogP contribution in [0.1, 0.15) is 29.9 Å². The van der Waals surface area contributed by atoms with Gasteiger partial charge in [-0.1, -0.05) is 12.1 Å². The number of imidazole rings is 1. The van der Waals surface area contributed by atoms with E-state index in [2.05, 4.69) is 34.3 Å². The second-order valence-corrected chi connectivity index (χ2v) is 8.08. The Kier molecular flexibility index (Phi) is 6.25. The van der Waals surface area contributed by atoms with E-state index in [0.717, 1.165) is 35.5 Å². The van der Waals surface area contributed by atoms with Crippen molar-refractivity contribution in [2.75, 3.05) is 47.4 Å². The molecule has 0 spiro atoms. The number of nitrogens with zero attached hydrogens (tertiary/aromatic N) is 2. The second-order valence-electron chi connectivity index (χ2n) is 8.08. The summed E-state index contributed by atoms with van der Waals surface area (Å²) in [7, 11) is 5.33. The largest absolute Gasteiger partial charge is 0.493 e. The number of hydrogen-bond donors (Lipinski definition) is 2. The Bertz CT molecular complexity index is 1010. The first kappa shape index (κ1) is 20.7. The van der Waals surface area contributed by atoms with Gasteiger partial charge in [0.05, 0.1) is 30.8 Å². The summed E-state index contributed by atoms with van der Waals surface area (Å²) in [6, 6.07) is 10.5. The molecule has 30 heavy (non-hydrogen) atoms. The smallest absolute Gasteiger partial charge is 0.171 e. The van der Waals surface area contributed by atoms with E-state index in [1.807, 2.05) is 25.2 Å². The molecule has 6 nitrogen and oxygen atoms in total. The van der Waals surface area contributed by atoms with Crippen molar-refractivity contribution < 1.29 is 9.47 Å². The van der Waals surface area contributed by atoms with E-state index in [1.165, 1.54) is 37.1 Å². The van der Waals surface area contributed by atoms with E-state index in [0.29, 0.717) is 17.4 Å². The van der Waals surface area contributed by atoms with Gasteiger partial charge in [0.1, 0.15) is 5.82 Å². The van der Waals surface area contributed by atoms with Crippen molar-refractivity contribution in [2.45, 2.75) is 25.7 Å². The minimum atomic E-state index is 0.608. The zero-order valence-corrected chi connectivity index (χ0v) is 18.4. The third-order valence-corrected chi connectivity index (χ3v) is 6.19. The maximum Gasteiger partial charge on any atom is 0.171 e. The number of ether oxygens (including phenoxy) is 2. The van der Waals surface area contributed by atoms with Gasteiger partial charge in [-0.15, -0.1) is 0 Å². The normalized spacial score (nSPS) is 15.6. The lowest BCUT2D eigenvalue weighted by atomic mass is 9.88. The molecule has 1 aliphatic heterocycles. The average molecular weight is 409 g/mol. The van der Waals surface area contributed by atoms with Crippen LogP contribution in [0.25, 0.3) is 22.4 Å². The lowest BCUT2D eigenvalue weighted by Gasteiger charge is -2.32. The van der Waals surface area contributed by atoms with Crippen LogP contribution in [0.4, 0.5) is 0 Å². The molecule has 2 aromatic carbocycles. The predicted octanol–water partition coefficient (Wildman–Crippen LogP) is 3.95. The summed E-state index contributed by atoms with van der Waals surface area (Å²) in [5.41, 5.74) is 5.64. The number of aryl methyl sites for hydroxylation is 1. The molecule has 3 aromatic rings. The highest BCUT2D eigenvalue weighted by Crippen LogP contribution is 2.38. The van der Waals surface area contributed by atoms with Gasteiger partial charge in [0.25, 0.3) is 0 Å². The molecule has 6 heteroatoms. The van der Waals surface area contributed by atoms with Gasteiger partial charge in [0, 0.05) is 13.1 Å². The van der Waals surface area contributed by atoms with Crippen LogP contribution >= 0.6 is 0 Å². The molecule has 2 N–H and O–H groups in total. The molecule has 4 rings (SSSR count). The maximum atomic E-state index is 5.61. The standard InChI is InChI=1S/C24H32N4O2/c1-16-14-18(17-8-11-28(12-9-17)13-10-25-2)15-20-22(16)27-24(26-20)19-6-5-7-21(29-3)23(19)30-4/h5-7,14-15,17,25H,8-13H2,1-4H3,(H,26,27). The van der Waals surface area contributed by atoms with Gasteiger partial charge in [-0.25, -0.2) is 4.98 Å². The van der Waals surface area contributed by atoms with E-state index < -0.39 is 0 Å². The highest BCUT2D eigenvalue weighted by atomic mass is 16.5. The maximum absolute atomic E-state index is 5.61. The van der Waals surface area contributed by atoms with Crippen LogP contribution in [0.15, 0.2) is 30.3 Å². The van der Waals surface area contributed by atoms with Gasteiger partial charge >= 0.3 is 0 Å². The Balaban J connectivity index is 1.62. The molecule has 0 saturated carbocycles. The first-order valence-corrected chi connectivity index (χ1v) is 10.7. The van der Waals surface area contributed by atoms with E-state index >= 15 is 0 Å². The number of likely N-dealkylation sites (N-methyl/N-ethyl adjacent to an activating group) is 1. The van der Waals surface area contributed by atoms with Crippen molar-refractivity contribution in [3.8, 4) is 22.9 Å². The van der Waals surface area contributed by atoms with Gasteiger partial charge in [-0.2, -0.15) is 0 Å². The lowest BCUT2D eigenvalue weighted by molar-refractivity contribution is 0.214. The summed E-state index contributed by atoms with van der Waals surface area (Å²) in [6.07, 6.45) is 2.42. The van der Waals surface area contributed by atoms with E-state index in [1.54, 1.807) is 14.2 Å². The molecule has 0 radical (unpaired) electrons. The zero-order valence-electron chi connectivity index (χ0n) is 18.4. The molecule has 160 valence electrons. The summed E-state index contributed by atoms with van der Waals surface area (Å²) >= 11 is 0. The number of piperidine rings is 1. The number of aromatic nitrogens is 2. The van der Waals surface area contributed by atoms with Crippen LogP contribution in [-0.2, 0) is 0 Å². The van der Waals surface area contributed by atoms with Gasteiger partial charge < -0.3 is 24.7 Å². The Morgan fingerprint density at radius 3 is 2.67 bits per heavy atom. The first-order valence-electron chi connectivity index (χ1n) is 10.7. The van der Waals surface area contributed by atoms with Gasteiger partial charge in [0.15, 0.2) is 11.5 Å². The molecule has 0 atom stereocenters. The molecule has 1 aromatic heterocycles. The van der Waals surface area contributed by atoms with Gasteiger partial charge in [-0.05, 0) is 75.1 Å². The van der Waals surface area contributed by atoms with Crippen molar-refractivity contribution in [3.63, 3.8) is 0 Å². The SMILES string of the molecule is CNCCN1CCC(c2cc(C)c3nc(-c4cccc(OC)c4OC)[nH]c3c2)CC1.